The first-order valence-corrected chi connectivity index (χ1v) is 6.83. The van der Waals surface area contributed by atoms with E-state index in [0.717, 1.165) is 37.4 Å². The van der Waals surface area contributed by atoms with Crippen LogP contribution in [0, 0.1) is 6.92 Å². The van der Waals surface area contributed by atoms with Gasteiger partial charge in [0.25, 0.3) is 0 Å². The molecule has 0 atom stereocenters. The van der Waals surface area contributed by atoms with Crippen molar-refractivity contribution in [3.63, 3.8) is 0 Å². The fourth-order valence-electron chi connectivity index (χ4n) is 2.07. The van der Waals surface area contributed by atoms with Gasteiger partial charge in [0.2, 0.25) is 5.91 Å². The topological polar surface area (TPSA) is 76.2 Å². The van der Waals surface area contributed by atoms with Gasteiger partial charge < -0.3 is 16.0 Å². The van der Waals surface area contributed by atoms with E-state index in [-0.39, 0.29) is 5.91 Å². The number of likely N-dealkylation sites (N-methyl/N-ethyl adjacent to an activating group) is 1. The van der Waals surface area contributed by atoms with Crippen LogP contribution in [0.3, 0.4) is 0 Å². The standard InChI is InChI=1S/C13H25N5O/c1-5-7-17(9-11(19)15-4)13-12(14)10(3)16-18(13)8-6-2/h5-9,14H2,1-4H3,(H,15,19). The number of carbonyl (C=O) groups excluding carboxylic acids is 1. The predicted octanol–water partition coefficient (Wildman–Crippen LogP) is 1.15. The molecule has 0 aliphatic rings. The molecule has 0 radical (unpaired) electrons. The number of rotatable bonds is 7. The smallest absolute Gasteiger partial charge is 0.239 e. The highest BCUT2D eigenvalue weighted by Gasteiger charge is 2.20. The second-order valence-electron chi connectivity index (χ2n) is 4.64. The molecule has 3 N–H and O–H groups in total. The second kappa shape index (κ2) is 7.01. The van der Waals surface area contributed by atoms with Gasteiger partial charge in [-0.3, -0.25) is 4.79 Å². The third-order valence-electron chi connectivity index (χ3n) is 2.99. The number of hydrogen-bond donors (Lipinski definition) is 2. The van der Waals surface area contributed by atoms with Crippen LogP contribution in [0.2, 0.25) is 0 Å². The third-order valence-corrected chi connectivity index (χ3v) is 2.99. The van der Waals surface area contributed by atoms with Crippen LogP contribution in [-0.2, 0) is 11.3 Å². The van der Waals surface area contributed by atoms with Gasteiger partial charge in [-0.2, -0.15) is 5.10 Å². The Morgan fingerprint density at radius 2 is 2.11 bits per heavy atom. The lowest BCUT2D eigenvalue weighted by atomic mass is 10.3. The minimum absolute atomic E-state index is 0.0187. The minimum Gasteiger partial charge on any atom is -0.394 e. The van der Waals surface area contributed by atoms with E-state index in [1.807, 2.05) is 16.5 Å². The van der Waals surface area contributed by atoms with Gasteiger partial charge in [-0.25, -0.2) is 4.68 Å². The molecule has 19 heavy (non-hydrogen) atoms. The van der Waals surface area contributed by atoms with Crippen LogP contribution in [0.15, 0.2) is 0 Å². The third kappa shape index (κ3) is 3.62. The highest BCUT2D eigenvalue weighted by molar-refractivity contribution is 5.82. The average Bonchev–Trinajstić information content (AvgIpc) is 2.65. The Hall–Kier alpha value is -1.72. The molecule has 1 aromatic rings. The molecule has 0 saturated carbocycles. The molecule has 0 aromatic carbocycles. The fraction of sp³-hybridized carbons (Fsp3) is 0.692. The molecule has 1 rings (SSSR count). The maximum Gasteiger partial charge on any atom is 0.239 e. The van der Waals surface area contributed by atoms with Crippen LogP contribution in [0.1, 0.15) is 32.4 Å². The summed E-state index contributed by atoms with van der Waals surface area (Å²) in [5.74, 6) is 0.847. The Labute approximate surface area is 114 Å². The highest BCUT2D eigenvalue weighted by Crippen LogP contribution is 2.26. The van der Waals surface area contributed by atoms with E-state index < -0.39 is 0 Å². The largest absolute Gasteiger partial charge is 0.394 e. The summed E-state index contributed by atoms with van der Waals surface area (Å²) >= 11 is 0. The van der Waals surface area contributed by atoms with E-state index in [9.17, 15) is 4.79 Å². The maximum absolute atomic E-state index is 11.6. The minimum atomic E-state index is -0.0187. The van der Waals surface area contributed by atoms with Crippen molar-refractivity contribution in [1.82, 2.24) is 15.1 Å². The molecule has 0 aliphatic carbocycles. The van der Waals surface area contributed by atoms with Crippen molar-refractivity contribution in [2.45, 2.75) is 40.2 Å². The van der Waals surface area contributed by atoms with Crippen molar-refractivity contribution >= 4 is 17.4 Å². The molecule has 0 saturated heterocycles. The van der Waals surface area contributed by atoms with Gasteiger partial charge in [0.05, 0.1) is 17.9 Å². The number of aryl methyl sites for hydroxylation is 2. The van der Waals surface area contributed by atoms with Crippen molar-refractivity contribution in [2.24, 2.45) is 0 Å². The summed E-state index contributed by atoms with van der Waals surface area (Å²) in [5.41, 5.74) is 7.62. The van der Waals surface area contributed by atoms with E-state index in [4.69, 9.17) is 5.73 Å². The van der Waals surface area contributed by atoms with Gasteiger partial charge >= 0.3 is 0 Å². The molecule has 6 heteroatoms. The molecule has 1 aromatic heterocycles. The molecule has 1 amide bonds. The quantitative estimate of drug-likeness (QED) is 0.777. The number of anilines is 2. The van der Waals surface area contributed by atoms with Crippen molar-refractivity contribution in [3.05, 3.63) is 5.69 Å². The van der Waals surface area contributed by atoms with Crippen LogP contribution >= 0.6 is 0 Å². The molecular formula is C13H25N5O. The van der Waals surface area contributed by atoms with Crippen molar-refractivity contribution in [3.8, 4) is 0 Å². The van der Waals surface area contributed by atoms with Crippen molar-refractivity contribution in [1.29, 1.82) is 0 Å². The zero-order valence-corrected chi connectivity index (χ0v) is 12.4. The summed E-state index contributed by atoms with van der Waals surface area (Å²) in [7, 11) is 1.64. The van der Waals surface area contributed by atoms with Crippen molar-refractivity contribution in [2.75, 3.05) is 30.8 Å². The van der Waals surface area contributed by atoms with Crippen LogP contribution in [0.5, 0.6) is 0 Å². The Morgan fingerprint density at radius 3 is 2.63 bits per heavy atom. The second-order valence-corrected chi connectivity index (χ2v) is 4.64. The fourth-order valence-corrected chi connectivity index (χ4v) is 2.07. The monoisotopic (exact) mass is 267 g/mol. The van der Waals surface area contributed by atoms with E-state index >= 15 is 0 Å². The van der Waals surface area contributed by atoms with Crippen LogP contribution in [0.25, 0.3) is 0 Å². The van der Waals surface area contributed by atoms with Gasteiger partial charge in [-0.05, 0) is 19.8 Å². The zero-order chi connectivity index (χ0) is 14.4. The number of nitrogen functional groups attached to an aromatic ring is 1. The summed E-state index contributed by atoms with van der Waals surface area (Å²) in [6, 6.07) is 0. The SMILES string of the molecule is CCCN(CC(=O)NC)c1c(N)c(C)nn1CCC. The number of aromatic nitrogens is 2. The number of nitrogens with two attached hydrogens (primary N) is 1. The highest BCUT2D eigenvalue weighted by atomic mass is 16.1. The van der Waals surface area contributed by atoms with Gasteiger partial charge in [-0.1, -0.05) is 13.8 Å². The Kier molecular flexibility index (Phi) is 5.66. The molecule has 0 fully saturated rings. The predicted molar refractivity (Wildman–Crippen MR) is 78.2 cm³/mol. The first-order chi connectivity index (χ1) is 9.04. The van der Waals surface area contributed by atoms with Crippen LogP contribution in [0.4, 0.5) is 11.5 Å². The summed E-state index contributed by atoms with van der Waals surface area (Å²) < 4.78 is 1.91. The van der Waals surface area contributed by atoms with E-state index in [1.54, 1.807) is 7.05 Å². The zero-order valence-electron chi connectivity index (χ0n) is 12.4. The lowest BCUT2D eigenvalue weighted by Gasteiger charge is -2.24. The lowest BCUT2D eigenvalue weighted by Crippen LogP contribution is -2.37. The molecule has 0 spiro atoms. The molecule has 0 unspecified atom stereocenters. The van der Waals surface area contributed by atoms with E-state index in [1.165, 1.54) is 0 Å². The van der Waals surface area contributed by atoms with Crippen LogP contribution in [-0.4, -0.2) is 35.8 Å². The molecule has 6 nitrogen and oxygen atoms in total. The summed E-state index contributed by atoms with van der Waals surface area (Å²) in [5, 5.41) is 7.10. The van der Waals surface area contributed by atoms with E-state index in [0.29, 0.717) is 12.2 Å². The molecule has 108 valence electrons. The normalized spacial score (nSPS) is 10.5. The number of hydrogen-bond acceptors (Lipinski definition) is 4. The Balaban J connectivity index is 3.09. The number of nitrogens with zero attached hydrogens (tertiary/aromatic N) is 3. The Morgan fingerprint density at radius 1 is 1.42 bits per heavy atom. The number of carbonyl (C=O) groups is 1. The van der Waals surface area contributed by atoms with Gasteiger partial charge in [0, 0.05) is 20.1 Å². The first-order valence-electron chi connectivity index (χ1n) is 6.83. The van der Waals surface area contributed by atoms with E-state index in [2.05, 4.69) is 24.3 Å². The molecule has 0 aliphatic heterocycles. The van der Waals surface area contributed by atoms with Crippen molar-refractivity contribution < 1.29 is 4.79 Å². The van der Waals surface area contributed by atoms with Gasteiger partial charge in [0.15, 0.2) is 5.82 Å². The average molecular weight is 267 g/mol. The maximum atomic E-state index is 11.6. The summed E-state index contributed by atoms with van der Waals surface area (Å²) in [6.07, 6.45) is 1.93. The molecular weight excluding hydrogens is 242 g/mol. The first kappa shape index (κ1) is 15.3. The number of nitrogens with one attached hydrogen (secondary N) is 1. The lowest BCUT2D eigenvalue weighted by molar-refractivity contribution is -0.119. The van der Waals surface area contributed by atoms with Gasteiger partial charge in [-0.15, -0.1) is 0 Å². The molecule has 1 heterocycles. The summed E-state index contributed by atoms with van der Waals surface area (Å²) in [4.78, 5) is 13.6. The molecule has 0 bridgehead atoms. The van der Waals surface area contributed by atoms with Gasteiger partial charge in [0.1, 0.15) is 0 Å². The summed E-state index contributed by atoms with van der Waals surface area (Å²) in [6.45, 7) is 7.98. The van der Waals surface area contributed by atoms with Crippen LogP contribution < -0.4 is 16.0 Å². The Bertz CT molecular complexity index is 427. The number of amides is 1.